The van der Waals surface area contributed by atoms with E-state index in [2.05, 4.69) is 41.2 Å². The average molecular weight is 247 g/mol. The molecule has 2 rings (SSSR count). The lowest BCUT2D eigenvalue weighted by Gasteiger charge is -2.31. The van der Waals surface area contributed by atoms with Crippen LogP contribution >= 0.6 is 0 Å². The smallest absolute Gasteiger partial charge is 0.0270 e. The summed E-state index contributed by atoms with van der Waals surface area (Å²) in [4.78, 5) is 6.69. The molecule has 0 aliphatic carbocycles. The van der Waals surface area contributed by atoms with E-state index in [9.17, 15) is 0 Å². The minimum atomic E-state index is 0.745. The zero-order chi connectivity index (χ0) is 12.8. The van der Waals surface area contributed by atoms with Crippen LogP contribution in [0.5, 0.6) is 0 Å². The van der Waals surface area contributed by atoms with Crippen molar-refractivity contribution in [1.82, 2.24) is 15.2 Å². The van der Waals surface area contributed by atoms with Gasteiger partial charge in [0.1, 0.15) is 0 Å². The van der Waals surface area contributed by atoms with Gasteiger partial charge in [0, 0.05) is 32.0 Å². The predicted molar refractivity (Wildman–Crippen MR) is 75.6 cm³/mol. The van der Waals surface area contributed by atoms with Crippen molar-refractivity contribution in [1.29, 1.82) is 0 Å². The summed E-state index contributed by atoms with van der Waals surface area (Å²) in [5.41, 5.74) is 1.39. The van der Waals surface area contributed by atoms with Gasteiger partial charge in [0.15, 0.2) is 0 Å². The fourth-order valence-electron chi connectivity index (χ4n) is 2.68. The van der Waals surface area contributed by atoms with Gasteiger partial charge in [0.05, 0.1) is 0 Å². The van der Waals surface area contributed by atoms with Gasteiger partial charge in [-0.15, -0.1) is 0 Å². The Balaban J connectivity index is 1.85. The van der Waals surface area contributed by atoms with Crippen molar-refractivity contribution in [2.24, 2.45) is 11.8 Å². The van der Waals surface area contributed by atoms with Crippen LogP contribution in [0.4, 0.5) is 0 Å². The van der Waals surface area contributed by atoms with E-state index in [1.165, 1.54) is 25.2 Å². The Morgan fingerprint density at radius 2 is 1.78 bits per heavy atom. The summed E-state index contributed by atoms with van der Waals surface area (Å²) in [7, 11) is 0. The Hall–Kier alpha value is -0.930. The van der Waals surface area contributed by atoms with Crippen molar-refractivity contribution in [3.63, 3.8) is 0 Å². The topological polar surface area (TPSA) is 28.2 Å². The first-order valence-electron chi connectivity index (χ1n) is 7.06. The van der Waals surface area contributed by atoms with Crippen LogP contribution < -0.4 is 5.32 Å². The molecule has 2 unspecified atom stereocenters. The van der Waals surface area contributed by atoms with Crippen molar-refractivity contribution in [3.8, 4) is 0 Å². The molecule has 0 spiro atoms. The number of nitrogens with one attached hydrogen (secondary N) is 1. The van der Waals surface area contributed by atoms with Crippen LogP contribution in [0.25, 0.3) is 0 Å². The second-order valence-corrected chi connectivity index (χ2v) is 5.73. The minimum Gasteiger partial charge on any atom is -0.316 e. The highest BCUT2D eigenvalue weighted by Gasteiger charge is 2.16. The van der Waals surface area contributed by atoms with Gasteiger partial charge in [-0.25, -0.2) is 0 Å². The zero-order valence-corrected chi connectivity index (χ0v) is 11.6. The summed E-state index contributed by atoms with van der Waals surface area (Å²) in [5, 5.41) is 3.55. The second kappa shape index (κ2) is 6.86. The summed E-state index contributed by atoms with van der Waals surface area (Å²) in [5.74, 6) is 1.49. The molecular formula is C15H25N3. The van der Waals surface area contributed by atoms with Gasteiger partial charge >= 0.3 is 0 Å². The Morgan fingerprint density at radius 3 is 2.39 bits per heavy atom. The molecule has 1 aromatic heterocycles. The van der Waals surface area contributed by atoms with Gasteiger partial charge in [-0.05, 0) is 49.0 Å². The van der Waals surface area contributed by atoms with E-state index in [4.69, 9.17) is 0 Å². The summed E-state index contributed by atoms with van der Waals surface area (Å²) < 4.78 is 0. The highest BCUT2D eigenvalue weighted by molar-refractivity contribution is 5.09. The lowest BCUT2D eigenvalue weighted by molar-refractivity contribution is 0.187. The van der Waals surface area contributed by atoms with Crippen LogP contribution in [0.1, 0.15) is 19.4 Å². The van der Waals surface area contributed by atoms with Crippen LogP contribution in [0.2, 0.25) is 0 Å². The van der Waals surface area contributed by atoms with Crippen molar-refractivity contribution in [3.05, 3.63) is 30.1 Å². The number of pyridine rings is 1. The molecule has 2 heterocycles. The monoisotopic (exact) mass is 247 g/mol. The minimum absolute atomic E-state index is 0.745. The number of hydrogen-bond acceptors (Lipinski definition) is 3. The largest absolute Gasteiger partial charge is 0.316 e. The number of hydrogen-bond donors (Lipinski definition) is 1. The SMILES string of the molecule is CC1CNCC(C)CN(CCc2ccncc2)C1. The molecule has 3 nitrogen and oxygen atoms in total. The normalized spacial score (nSPS) is 26.6. The van der Waals surface area contributed by atoms with Crippen LogP contribution in [0.15, 0.2) is 24.5 Å². The van der Waals surface area contributed by atoms with Crippen molar-refractivity contribution < 1.29 is 0 Å². The molecule has 0 amide bonds. The van der Waals surface area contributed by atoms with E-state index >= 15 is 0 Å². The van der Waals surface area contributed by atoms with E-state index in [1.807, 2.05) is 12.4 Å². The molecule has 1 N–H and O–H groups in total. The molecule has 1 fully saturated rings. The third-order valence-electron chi connectivity index (χ3n) is 3.59. The molecule has 100 valence electrons. The predicted octanol–water partition coefficient (Wildman–Crippen LogP) is 1.80. The Kier molecular flexibility index (Phi) is 5.14. The van der Waals surface area contributed by atoms with E-state index in [0.717, 1.165) is 31.3 Å². The Morgan fingerprint density at radius 1 is 1.17 bits per heavy atom. The van der Waals surface area contributed by atoms with E-state index in [1.54, 1.807) is 0 Å². The van der Waals surface area contributed by atoms with Gasteiger partial charge < -0.3 is 10.2 Å². The third kappa shape index (κ3) is 4.39. The van der Waals surface area contributed by atoms with E-state index in [0.29, 0.717) is 0 Å². The number of aromatic nitrogens is 1. The van der Waals surface area contributed by atoms with Gasteiger partial charge in [-0.2, -0.15) is 0 Å². The third-order valence-corrected chi connectivity index (χ3v) is 3.59. The molecule has 1 aliphatic rings. The fourth-order valence-corrected chi connectivity index (χ4v) is 2.68. The summed E-state index contributed by atoms with van der Waals surface area (Å²) >= 11 is 0. The zero-order valence-electron chi connectivity index (χ0n) is 11.6. The molecule has 0 bridgehead atoms. The van der Waals surface area contributed by atoms with Gasteiger partial charge in [-0.3, -0.25) is 4.98 Å². The van der Waals surface area contributed by atoms with Crippen molar-refractivity contribution >= 4 is 0 Å². The maximum Gasteiger partial charge on any atom is 0.0270 e. The lowest BCUT2D eigenvalue weighted by Crippen LogP contribution is -2.43. The van der Waals surface area contributed by atoms with Gasteiger partial charge in [0.25, 0.3) is 0 Å². The first-order chi connectivity index (χ1) is 8.74. The number of nitrogens with zero attached hydrogens (tertiary/aromatic N) is 2. The summed E-state index contributed by atoms with van der Waals surface area (Å²) in [6, 6.07) is 4.25. The first-order valence-corrected chi connectivity index (χ1v) is 7.06. The quantitative estimate of drug-likeness (QED) is 0.883. The van der Waals surface area contributed by atoms with Gasteiger partial charge in [0.2, 0.25) is 0 Å². The van der Waals surface area contributed by atoms with Crippen LogP contribution in [0, 0.1) is 11.8 Å². The van der Waals surface area contributed by atoms with Gasteiger partial charge in [-0.1, -0.05) is 13.8 Å². The van der Waals surface area contributed by atoms with Crippen molar-refractivity contribution in [2.75, 3.05) is 32.7 Å². The molecule has 3 heteroatoms. The maximum atomic E-state index is 4.07. The molecule has 18 heavy (non-hydrogen) atoms. The van der Waals surface area contributed by atoms with E-state index < -0.39 is 0 Å². The van der Waals surface area contributed by atoms with Crippen LogP contribution in [-0.2, 0) is 6.42 Å². The standard InChI is InChI=1S/C15H25N3/c1-13-9-17-10-14(2)12-18(11-13)8-5-15-3-6-16-7-4-15/h3-4,6-7,13-14,17H,5,8-12H2,1-2H3. The summed E-state index contributed by atoms with van der Waals surface area (Å²) in [6.45, 7) is 10.6. The molecular weight excluding hydrogens is 222 g/mol. The first kappa shape index (κ1) is 13.5. The molecule has 0 radical (unpaired) electrons. The highest BCUT2D eigenvalue weighted by atomic mass is 15.1. The second-order valence-electron chi connectivity index (χ2n) is 5.73. The van der Waals surface area contributed by atoms with Crippen LogP contribution in [0.3, 0.4) is 0 Å². The van der Waals surface area contributed by atoms with Crippen molar-refractivity contribution in [2.45, 2.75) is 20.3 Å². The average Bonchev–Trinajstić information content (AvgIpc) is 2.35. The highest BCUT2D eigenvalue weighted by Crippen LogP contribution is 2.09. The molecule has 1 saturated heterocycles. The van der Waals surface area contributed by atoms with Crippen LogP contribution in [-0.4, -0.2) is 42.6 Å². The molecule has 0 saturated carbocycles. The Bertz CT molecular complexity index is 327. The van der Waals surface area contributed by atoms with E-state index in [-0.39, 0.29) is 0 Å². The maximum absolute atomic E-state index is 4.07. The lowest BCUT2D eigenvalue weighted by atomic mass is 10.0. The number of rotatable bonds is 3. The molecule has 0 aromatic carbocycles. The molecule has 2 atom stereocenters. The summed E-state index contributed by atoms with van der Waals surface area (Å²) in [6.07, 6.45) is 4.91. The molecule has 1 aliphatic heterocycles. The molecule has 1 aromatic rings. The fraction of sp³-hybridized carbons (Fsp3) is 0.667. The Labute approximate surface area is 111 Å².